The topological polar surface area (TPSA) is 119 Å². The number of carbonyl (C=O) groups is 3. The molecule has 2 aromatic heterocycles. The number of ether oxygens (including phenoxy) is 3. The third-order valence-corrected chi connectivity index (χ3v) is 8.43. The SMILES string of the molecule is Cc1cc(N(C(=O)OC(C)(C)C)C2CCN(C(=O)OC3CCN(C(=O)OCc4ccccc4)C3)CC2)n2ncc(C3CC3)c2n1. The maximum Gasteiger partial charge on any atom is 0.416 e. The zero-order chi connectivity index (χ0) is 31.7. The van der Waals surface area contributed by atoms with E-state index in [0.717, 1.165) is 35.3 Å². The van der Waals surface area contributed by atoms with E-state index in [1.165, 1.54) is 0 Å². The molecule has 0 spiro atoms. The van der Waals surface area contributed by atoms with Gasteiger partial charge in [0.2, 0.25) is 0 Å². The standard InChI is InChI=1S/C33H42N6O6/c1-22-18-28(39-29(35-22)27(19-34-39)24-10-11-24)38(32(42)45-33(2,3)4)25-12-15-36(16-13-25)31(41)44-26-14-17-37(20-26)30(40)43-21-23-8-6-5-7-9-23/h5-9,18-19,24-26H,10-17,20-21H2,1-4H3. The minimum absolute atomic E-state index is 0.197. The Morgan fingerprint density at radius 2 is 1.67 bits per heavy atom. The average Bonchev–Trinajstić information content (AvgIpc) is 3.58. The van der Waals surface area contributed by atoms with Gasteiger partial charge in [-0.25, -0.2) is 19.4 Å². The van der Waals surface area contributed by atoms with Gasteiger partial charge in [-0.15, -0.1) is 0 Å². The van der Waals surface area contributed by atoms with Crippen molar-refractivity contribution in [1.82, 2.24) is 24.4 Å². The van der Waals surface area contributed by atoms with E-state index in [0.29, 0.717) is 57.2 Å². The van der Waals surface area contributed by atoms with Gasteiger partial charge in [0, 0.05) is 49.4 Å². The number of benzene rings is 1. The normalized spacial score (nSPS) is 19.1. The van der Waals surface area contributed by atoms with Crippen LogP contribution in [-0.4, -0.2) is 86.6 Å². The van der Waals surface area contributed by atoms with Crippen molar-refractivity contribution in [3.8, 4) is 0 Å². The van der Waals surface area contributed by atoms with Crippen molar-refractivity contribution in [2.45, 2.75) is 90.1 Å². The number of aryl methyl sites for hydroxylation is 1. The van der Waals surface area contributed by atoms with Crippen molar-refractivity contribution < 1.29 is 28.6 Å². The van der Waals surface area contributed by atoms with E-state index in [4.69, 9.17) is 19.2 Å². The number of piperidine rings is 1. The number of amides is 3. The summed E-state index contributed by atoms with van der Waals surface area (Å²) in [7, 11) is 0. The lowest BCUT2D eigenvalue weighted by atomic mass is 10.0. The molecule has 0 N–H and O–H groups in total. The molecular weight excluding hydrogens is 576 g/mol. The van der Waals surface area contributed by atoms with Crippen LogP contribution in [0, 0.1) is 6.92 Å². The molecule has 2 aliphatic heterocycles. The smallest absolute Gasteiger partial charge is 0.416 e. The molecule has 1 aliphatic carbocycles. The van der Waals surface area contributed by atoms with Crippen molar-refractivity contribution in [1.29, 1.82) is 0 Å². The molecule has 1 aromatic carbocycles. The highest BCUT2D eigenvalue weighted by atomic mass is 16.6. The molecule has 6 rings (SSSR count). The predicted molar refractivity (Wildman–Crippen MR) is 166 cm³/mol. The van der Waals surface area contributed by atoms with Crippen LogP contribution in [0.1, 0.15) is 75.6 Å². The first-order valence-electron chi connectivity index (χ1n) is 15.8. The Morgan fingerprint density at radius 1 is 0.956 bits per heavy atom. The Kier molecular flexibility index (Phi) is 8.56. The molecule has 1 unspecified atom stereocenters. The van der Waals surface area contributed by atoms with Gasteiger partial charge in [-0.2, -0.15) is 9.61 Å². The number of anilines is 1. The lowest BCUT2D eigenvalue weighted by molar-refractivity contribution is 0.0493. The van der Waals surface area contributed by atoms with E-state index in [1.54, 1.807) is 19.2 Å². The number of fused-ring (bicyclic) bond motifs is 1. The van der Waals surface area contributed by atoms with Crippen LogP contribution in [0.4, 0.5) is 20.2 Å². The Bertz CT molecular complexity index is 1540. The van der Waals surface area contributed by atoms with Gasteiger partial charge in [0.1, 0.15) is 24.1 Å². The quantitative estimate of drug-likeness (QED) is 0.325. The van der Waals surface area contributed by atoms with E-state index in [2.05, 4.69) is 5.10 Å². The molecule has 3 aromatic rings. The molecule has 12 heteroatoms. The molecule has 1 atom stereocenters. The van der Waals surface area contributed by atoms with Gasteiger partial charge < -0.3 is 24.0 Å². The summed E-state index contributed by atoms with van der Waals surface area (Å²) in [4.78, 5) is 49.1. The molecule has 3 aliphatic rings. The van der Waals surface area contributed by atoms with Crippen molar-refractivity contribution in [3.63, 3.8) is 0 Å². The van der Waals surface area contributed by atoms with Gasteiger partial charge >= 0.3 is 18.3 Å². The summed E-state index contributed by atoms with van der Waals surface area (Å²) in [5.74, 6) is 1.07. The number of carbonyl (C=O) groups excluding carboxylic acids is 3. The Labute approximate surface area is 263 Å². The van der Waals surface area contributed by atoms with Crippen LogP contribution in [0.3, 0.4) is 0 Å². The summed E-state index contributed by atoms with van der Waals surface area (Å²) < 4.78 is 18.9. The molecule has 1 saturated carbocycles. The highest BCUT2D eigenvalue weighted by molar-refractivity contribution is 5.88. The van der Waals surface area contributed by atoms with E-state index in [9.17, 15) is 14.4 Å². The zero-order valence-corrected chi connectivity index (χ0v) is 26.5. The van der Waals surface area contributed by atoms with E-state index >= 15 is 0 Å². The summed E-state index contributed by atoms with van der Waals surface area (Å²) in [5.41, 5.74) is 2.91. The molecule has 3 amide bonds. The van der Waals surface area contributed by atoms with Gasteiger partial charge in [-0.1, -0.05) is 30.3 Å². The number of nitrogens with zero attached hydrogens (tertiary/aromatic N) is 6. The number of aromatic nitrogens is 3. The molecule has 3 fully saturated rings. The second-order valence-corrected chi connectivity index (χ2v) is 13.2. The maximum absolute atomic E-state index is 13.7. The van der Waals surface area contributed by atoms with Crippen molar-refractivity contribution in [3.05, 3.63) is 59.4 Å². The number of rotatable bonds is 6. The summed E-state index contributed by atoms with van der Waals surface area (Å²) >= 11 is 0. The highest BCUT2D eigenvalue weighted by Crippen LogP contribution is 2.42. The molecular formula is C33H42N6O6. The van der Waals surface area contributed by atoms with Crippen molar-refractivity contribution >= 4 is 29.7 Å². The van der Waals surface area contributed by atoms with E-state index < -0.39 is 30.0 Å². The minimum atomic E-state index is -0.687. The van der Waals surface area contributed by atoms with Crippen molar-refractivity contribution in [2.24, 2.45) is 0 Å². The fourth-order valence-electron chi connectivity index (χ4n) is 6.00. The van der Waals surface area contributed by atoms with Crippen LogP contribution in [0.25, 0.3) is 5.65 Å². The second-order valence-electron chi connectivity index (χ2n) is 13.2. The first-order valence-corrected chi connectivity index (χ1v) is 15.8. The van der Waals surface area contributed by atoms with E-state index in [-0.39, 0.29) is 12.6 Å². The molecule has 240 valence electrons. The van der Waals surface area contributed by atoms with Crippen LogP contribution in [-0.2, 0) is 20.8 Å². The maximum atomic E-state index is 13.7. The molecule has 2 saturated heterocycles. The van der Waals surface area contributed by atoms with Crippen LogP contribution in [0.2, 0.25) is 0 Å². The minimum Gasteiger partial charge on any atom is -0.445 e. The van der Waals surface area contributed by atoms with Gasteiger partial charge in [0.15, 0.2) is 5.65 Å². The van der Waals surface area contributed by atoms with Crippen LogP contribution in [0.5, 0.6) is 0 Å². The molecule has 12 nitrogen and oxygen atoms in total. The number of hydrogen-bond donors (Lipinski definition) is 0. The van der Waals surface area contributed by atoms with Gasteiger partial charge in [0.25, 0.3) is 0 Å². The van der Waals surface area contributed by atoms with Gasteiger partial charge in [0.05, 0.1) is 12.7 Å². The molecule has 4 heterocycles. The monoisotopic (exact) mass is 618 g/mol. The summed E-state index contributed by atoms with van der Waals surface area (Å²) in [6.07, 6.45) is 4.05. The average molecular weight is 619 g/mol. The van der Waals surface area contributed by atoms with Gasteiger partial charge in [-0.3, -0.25) is 4.90 Å². The lowest BCUT2D eigenvalue weighted by Gasteiger charge is -2.38. The lowest BCUT2D eigenvalue weighted by Crippen LogP contribution is -2.51. The van der Waals surface area contributed by atoms with Crippen molar-refractivity contribution in [2.75, 3.05) is 31.1 Å². The summed E-state index contributed by atoms with van der Waals surface area (Å²) in [6, 6.07) is 11.2. The third-order valence-electron chi connectivity index (χ3n) is 8.43. The van der Waals surface area contributed by atoms with Crippen LogP contribution in [0.15, 0.2) is 42.6 Å². The number of hydrogen-bond acceptors (Lipinski definition) is 8. The summed E-state index contributed by atoms with van der Waals surface area (Å²) in [5, 5.41) is 4.64. The fourth-order valence-corrected chi connectivity index (χ4v) is 6.00. The molecule has 45 heavy (non-hydrogen) atoms. The van der Waals surface area contributed by atoms with E-state index in [1.807, 2.05) is 70.3 Å². The largest absolute Gasteiger partial charge is 0.445 e. The first-order chi connectivity index (χ1) is 21.6. The zero-order valence-electron chi connectivity index (χ0n) is 26.5. The highest BCUT2D eigenvalue weighted by Gasteiger charge is 2.38. The first kappa shape index (κ1) is 30.7. The number of likely N-dealkylation sites (tertiary alicyclic amines) is 2. The fraction of sp³-hybridized carbons (Fsp3) is 0.545. The predicted octanol–water partition coefficient (Wildman–Crippen LogP) is 5.67. The van der Waals surface area contributed by atoms with Gasteiger partial charge in [-0.05, 0) is 64.9 Å². The molecule has 0 radical (unpaired) electrons. The Morgan fingerprint density at radius 3 is 2.36 bits per heavy atom. The summed E-state index contributed by atoms with van der Waals surface area (Å²) in [6.45, 7) is 9.26. The molecule has 0 bridgehead atoms. The third kappa shape index (κ3) is 7.15. The second kappa shape index (κ2) is 12.6. The van der Waals surface area contributed by atoms with Crippen LogP contribution >= 0.6 is 0 Å². The Hall–Kier alpha value is -4.35. The van der Waals surface area contributed by atoms with Crippen LogP contribution < -0.4 is 4.90 Å². The Balaban J connectivity index is 1.08.